The van der Waals surface area contributed by atoms with Gasteiger partial charge < -0.3 is 9.64 Å². The number of carbonyl (C=O) groups is 1. The van der Waals surface area contributed by atoms with Gasteiger partial charge in [0.15, 0.2) is 0 Å². The first-order chi connectivity index (χ1) is 12.3. The van der Waals surface area contributed by atoms with Crippen molar-refractivity contribution in [3.63, 3.8) is 0 Å². The molecule has 1 aromatic rings. The molecule has 0 radical (unpaired) electrons. The molecule has 1 atom stereocenters. The Bertz CT molecular complexity index is 772. The molecule has 1 fully saturated rings. The van der Waals surface area contributed by atoms with Crippen molar-refractivity contribution in [2.45, 2.75) is 63.5 Å². The van der Waals surface area contributed by atoms with Crippen LogP contribution in [0, 0.1) is 5.92 Å². The highest BCUT2D eigenvalue weighted by Crippen LogP contribution is 2.39. The number of hydrogen-bond donors (Lipinski definition) is 1. The number of ether oxygens (including phenoxy) is 1. The molecule has 0 saturated heterocycles. The van der Waals surface area contributed by atoms with Crippen LogP contribution in [0.3, 0.4) is 0 Å². The number of hydrogen-bond acceptors (Lipinski definition) is 4. The lowest BCUT2D eigenvalue weighted by atomic mass is 10.1. The second-order valence-electron chi connectivity index (χ2n) is 7.50. The average molecular weight is 381 g/mol. The van der Waals surface area contributed by atoms with Crippen LogP contribution in [0.15, 0.2) is 23.1 Å². The van der Waals surface area contributed by atoms with Crippen LogP contribution in [-0.2, 0) is 26.0 Å². The number of anilines is 1. The minimum Gasteiger partial charge on any atom is -0.379 e. The van der Waals surface area contributed by atoms with E-state index in [0.717, 1.165) is 24.1 Å². The Kier molecular flexibility index (Phi) is 5.69. The summed E-state index contributed by atoms with van der Waals surface area (Å²) in [5.41, 5.74) is 1.79. The van der Waals surface area contributed by atoms with Gasteiger partial charge in [-0.15, -0.1) is 0 Å². The van der Waals surface area contributed by atoms with Crippen LogP contribution < -0.4 is 9.62 Å². The van der Waals surface area contributed by atoms with Gasteiger partial charge >= 0.3 is 0 Å². The van der Waals surface area contributed by atoms with E-state index in [1.165, 1.54) is 0 Å². The van der Waals surface area contributed by atoms with Gasteiger partial charge in [0.2, 0.25) is 15.9 Å². The molecule has 3 rings (SSSR count). The maximum Gasteiger partial charge on any atom is 0.240 e. The van der Waals surface area contributed by atoms with Crippen molar-refractivity contribution < 1.29 is 17.9 Å². The Morgan fingerprint density at radius 2 is 2.08 bits per heavy atom. The Morgan fingerprint density at radius 1 is 1.35 bits per heavy atom. The maximum absolute atomic E-state index is 12.5. The Hall–Kier alpha value is -1.44. The van der Waals surface area contributed by atoms with Gasteiger partial charge in [0.25, 0.3) is 0 Å². The van der Waals surface area contributed by atoms with E-state index in [0.29, 0.717) is 26.0 Å². The van der Waals surface area contributed by atoms with Crippen molar-refractivity contribution in [3.8, 4) is 0 Å². The molecule has 1 amide bonds. The first kappa shape index (κ1) is 19.3. The molecule has 1 aliphatic heterocycles. The van der Waals surface area contributed by atoms with Gasteiger partial charge in [0.1, 0.15) is 0 Å². The summed E-state index contributed by atoms with van der Waals surface area (Å²) in [6.07, 6.45) is 3.40. The van der Waals surface area contributed by atoms with Crippen molar-refractivity contribution in [2.75, 3.05) is 18.1 Å². The summed E-state index contributed by atoms with van der Waals surface area (Å²) in [5, 5.41) is 0. The predicted molar refractivity (Wildman–Crippen MR) is 101 cm³/mol. The van der Waals surface area contributed by atoms with Crippen LogP contribution in [0.4, 0.5) is 5.69 Å². The van der Waals surface area contributed by atoms with Crippen molar-refractivity contribution in [1.29, 1.82) is 0 Å². The van der Waals surface area contributed by atoms with Crippen LogP contribution >= 0.6 is 0 Å². The van der Waals surface area contributed by atoms with E-state index >= 15 is 0 Å². The van der Waals surface area contributed by atoms with Crippen LogP contribution in [0.2, 0.25) is 0 Å². The zero-order valence-electron chi connectivity index (χ0n) is 15.7. The van der Waals surface area contributed by atoms with Gasteiger partial charge in [-0.1, -0.05) is 0 Å². The van der Waals surface area contributed by atoms with Crippen LogP contribution in [-0.4, -0.2) is 39.6 Å². The fourth-order valence-corrected chi connectivity index (χ4v) is 4.44. The Labute approximate surface area is 156 Å². The van der Waals surface area contributed by atoms with Gasteiger partial charge in [-0.25, -0.2) is 13.1 Å². The predicted octanol–water partition coefficient (Wildman–Crippen LogP) is 2.47. The van der Waals surface area contributed by atoms with Crippen molar-refractivity contribution >= 4 is 21.6 Å². The van der Waals surface area contributed by atoms with Crippen LogP contribution in [0.25, 0.3) is 0 Å². The summed E-state index contributed by atoms with van der Waals surface area (Å²) in [6, 6.07) is 5.16. The zero-order chi connectivity index (χ0) is 18.9. The van der Waals surface area contributed by atoms with Crippen molar-refractivity contribution in [1.82, 2.24) is 4.72 Å². The SMILES string of the molecule is CC(C)OCCCNS(=O)(=O)c1ccc2c(c1)C[C@H](C)N2C(=O)C1CC1. The van der Waals surface area contributed by atoms with Crippen LogP contribution in [0.1, 0.15) is 45.6 Å². The Morgan fingerprint density at radius 3 is 2.73 bits per heavy atom. The number of carbonyl (C=O) groups excluding carboxylic acids is 1. The molecule has 1 heterocycles. The first-order valence-corrected chi connectivity index (χ1v) is 10.8. The average Bonchev–Trinajstić information content (AvgIpc) is 3.35. The molecule has 0 aromatic heterocycles. The van der Waals surface area contributed by atoms with Gasteiger partial charge in [0.05, 0.1) is 11.0 Å². The molecular formula is C19H28N2O4S. The van der Waals surface area contributed by atoms with Crippen molar-refractivity contribution in [3.05, 3.63) is 23.8 Å². The largest absolute Gasteiger partial charge is 0.379 e. The third kappa shape index (κ3) is 4.27. The van der Waals surface area contributed by atoms with Crippen molar-refractivity contribution in [2.24, 2.45) is 5.92 Å². The first-order valence-electron chi connectivity index (χ1n) is 9.37. The van der Waals surface area contributed by atoms with Gasteiger partial charge in [-0.05, 0) is 70.2 Å². The number of sulfonamides is 1. The van der Waals surface area contributed by atoms with Crippen LogP contribution in [0.5, 0.6) is 0 Å². The van der Waals surface area contributed by atoms with E-state index in [9.17, 15) is 13.2 Å². The molecule has 7 heteroatoms. The van der Waals surface area contributed by atoms with E-state index in [4.69, 9.17) is 4.74 Å². The molecule has 26 heavy (non-hydrogen) atoms. The lowest BCUT2D eigenvalue weighted by Crippen LogP contribution is -2.36. The number of nitrogens with one attached hydrogen (secondary N) is 1. The van der Waals surface area contributed by atoms with E-state index in [2.05, 4.69) is 4.72 Å². The lowest BCUT2D eigenvalue weighted by molar-refractivity contribution is -0.120. The third-order valence-electron chi connectivity index (χ3n) is 4.81. The highest BCUT2D eigenvalue weighted by Gasteiger charge is 2.39. The fraction of sp³-hybridized carbons (Fsp3) is 0.632. The highest BCUT2D eigenvalue weighted by atomic mass is 32.2. The smallest absolute Gasteiger partial charge is 0.240 e. The summed E-state index contributed by atoms with van der Waals surface area (Å²) in [7, 11) is -3.55. The fourth-order valence-electron chi connectivity index (χ4n) is 3.32. The minimum atomic E-state index is -3.55. The van der Waals surface area contributed by atoms with Gasteiger partial charge in [0, 0.05) is 30.8 Å². The summed E-state index contributed by atoms with van der Waals surface area (Å²) >= 11 is 0. The standard InChI is InChI=1S/C19H28N2O4S/c1-13(2)25-10-4-9-20-26(23,24)17-7-8-18-16(12-17)11-14(3)21(18)19(22)15-5-6-15/h7-8,12-15,20H,4-6,9-11H2,1-3H3/t14-/m0/s1. The lowest BCUT2D eigenvalue weighted by Gasteiger charge is -2.22. The zero-order valence-corrected chi connectivity index (χ0v) is 16.5. The normalized spacial score (nSPS) is 19.8. The number of nitrogens with zero attached hydrogens (tertiary/aromatic N) is 1. The van der Waals surface area contributed by atoms with E-state index < -0.39 is 10.0 Å². The number of benzene rings is 1. The molecule has 144 valence electrons. The summed E-state index contributed by atoms with van der Waals surface area (Å²) in [5.74, 6) is 0.330. The molecule has 0 unspecified atom stereocenters. The molecule has 0 bridgehead atoms. The molecular weight excluding hydrogens is 352 g/mol. The molecule has 1 aliphatic carbocycles. The Balaban J connectivity index is 1.67. The van der Waals surface area contributed by atoms with E-state index in [-0.39, 0.29) is 28.9 Å². The summed E-state index contributed by atoms with van der Waals surface area (Å²) < 4.78 is 33.1. The third-order valence-corrected chi connectivity index (χ3v) is 6.26. The molecule has 2 aliphatic rings. The monoisotopic (exact) mass is 380 g/mol. The second-order valence-corrected chi connectivity index (χ2v) is 9.26. The summed E-state index contributed by atoms with van der Waals surface area (Å²) in [4.78, 5) is 14.6. The minimum absolute atomic E-state index is 0.0807. The quantitative estimate of drug-likeness (QED) is 0.703. The second kappa shape index (κ2) is 7.66. The van der Waals surface area contributed by atoms with Gasteiger partial charge in [-0.2, -0.15) is 0 Å². The van der Waals surface area contributed by atoms with E-state index in [1.807, 2.05) is 25.7 Å². The molecule has 1 aromatic carbocycles. The topological polar surface area (TPSA) is 75.7 Å². The number of amides is 1. The maximum atomic E-state index is 12.5. The number of rotatable bonds is 8. The molecule has 6 nitrogen and oxygen atoms in total. The summed E-state index contributed by atoms with van der Waals surface area (Å²) in [6.45, 7) is 6.79. The molecule has 1 N–H and O–H groups in total. The number of fused-ring (bicyclic) bond motifs is 1. The van der Waals surface area contributed by atoms with Gasteiger partial charge in [-0.3, -0.25) is 4.79 Å². The highest BCUT2D eigenvalue weighted by molar-refractivity contribution is 7.89. The molecule has 1 saturated carbocycles. The van der Waals surface area contributed by atoms with E-state index in [1.54, 1.807) is 18.2 Å². The molecule has 0 spiro atoms.